The number of aromatic nitrogens is 3. The largest absolute Gasteiger partial charge is 0.317 e. The Balaban J connectivity index is 2.39. The molecule has 1 atom stereocenters. The summed E-state index contributed by atoms with van der Waals surface area (Å²) in [4.78, 5) is 0. The van der Waals surface area contributed by atoms with Crippen LogP contribution < -0.4 is 5.32 Å². The molecule has 0 fully saturated rings. The van der Waals surface area contributed by atoms with Gasteiger partial charge in [-0.3, -0.25) is 0 Å². The fraction of sp³-hybridized carbons (Fsp3) is 0.833. The van der Waals surface area contributed by atoms with Crippen LogP contribution >= 0.6 is 0 Å². The maximum Gasteiger partial charge on any atom is 0.0727 e. The summed E-state index contributed by atoms with van der Waals surface area (Å²) < 4.78 is 2.03. The Morgan fingerprint density at radius 2 is 2.12 bits per heavy atom. The van der Waals surface area contributed by atoms with E-state index in [9.17, 15) is 0 Å². The van der Waals surface area contributed by atoms with Crippen molar-refractivity contribution in [2.75, 3.05) is 13.1 Å². The van der Waals surface area contributed by atoms with Crippen molar-refractivity contribution in [3.8, 4) is 0 Å². The van der Waals surface area contributed by atoms with Gasteiger partial charge in [-0.05, 0) is 32.4 Å². The molecule has 0 aliphatic rings. The van der Waals surface area contributed by atoms with Gasteiger partial charge in [0.2, 0.25) is 0 Å². The standard InChI is InChI=1S/C12H24N4/c1-4-7-13-8-6-11(3)12-10-14-15-16(12)9-5-2/h10-11,13H,4-9H2,1-3H3. The van der Waals surface area contributed by atoms with Crippen molar-refractivity contribution >= 4 is 0 Å². The van der Waals surface area contributed by atoms with Crippen LogP contribution in [0.2, 0.25) is 0 Å². The van der Waals surface area contributed by atoms with E-state index in [4.69, 9.17) is 0 Å². The minimum absolute atomic E-state index is 0.533. The van der Waals surface area contributed by atoms with Crippen LogP contribution in [0, 0.1) is 0 Å². The van der Waals surface area contributed by atoms with Crippen LogP contribution in [0.25, 0.3) is 0 Å². The van der Waals surface area contributed by atoms with Gasteiger partial charge >= 0.3 is 0 Å². The number of nitrogens with zero attached hydrogens (tertiary/aromatic N) is 3. The first-order valence-corrected chi connectivity index (χ1v) is 6.38. The van der Waals surface area contributed by atoms with E-state index in [1.165, 1.54) is 12.1 Å². The molecule has 1 heterocycles. The minimum Gasteiger partial charge on any atom is -0.317 e. The average Bonchev–Trinajstić information content (AvgIpc) is 2.73. The monoisotopic (exact) mass is 224 g/mol. The molecule has 0 amide bonds. The van der Waals surface area contributed by atoms with E-state index >= 15 is 0 Å². The van der Waals surface area contributed by atoms with Gasteiger partial charge < -0.3 is 5.32 Å². The molecule has 4 heteroatoms. The van der Waals surface area contributed by atoms with Crippen LogP contribution in [0.5, 0.6) is 0 Å². The molecule has 1 aromatic heterocycles. The van der Waals surface area contributed by atoms with Gasteiger partial charge in [0.1, 0.15) is 0 Å². The number of rotatable bonds is 8. The smallest absolute Gasteiger partial charge is 0.0727 e. The van der Waals surface area contributed by atoms with E-state index in [0.29, 0.717) is 5.92 Å². The van der Waals surface area contributed by atoms with Crippen LogP contribution in [-0.2, 0) is 6.54 Å². The zero-order valence-electron chi connectivity index (χ0n) is 10.7. The summed E-state index contributed by atoms with van der Waals surface area (Å²) >= 11 is 0. The molecule has 0 aromatic carbocycles. The van der Waals surface area contributed by atoms with Gasteiger partial charge in [0.15, 0.2) is 0 Å². The summed E-state index contributed by atoms with van der Waals surface area (Å²) in [5.74, 6) is 0.533. The summed E-state index contributed by atoms with van der Waals surface area (Å²) in [6.45, 7) is 9.77. The van der Waals surface area contributed by atoms with E-state index in [2.05, 4.69) is 36.4 Å². The van der Waals surface area contributed by atoms with Gasteiger partial charge in [0.05, 0.1) is 11.9 Å². The van der Waals surface area contributed by atoms with Crippen molar-refractivity contribution in [3.63, 3.8) is 0 Å². The first kappa shape index (κ1) is 13.2. The molecule has 0 spiro atoms. The van der Waals surface area contributed by atoms with Crippen LogP contribution in [0.4, 0.5) is 0 Å². The van der Waals surface area contributed by atoms with Crippen molar-refractivity contribution in [1.82, 2.24) is 20.3 Å². The molecule has 1 N–H and O–H groups in total. The molecule has 1 aromatic rings. The maximum absolute atomic E-state index is 4.12. The molecule has 0 aliphatic carbocycles. The maximum atomic E-state index is 4.12. The Bertz CT molecular complexity index is 282. The Labute approximate surface area is 98.4 Å². The van der Waals surface area contributed by atoms with Crippen LogP contribution in [0.3, 0.4) is 0 Å². The van der Waals surface area contributed by atoms with Crippen molar-refractivity contribution in [3.05, 3.63) is 11.9 Å². The molecular formula is C12H24N4. The molecule has 0 saturated heterocycles. The zero-order valence-corrected chi connectivity index (χ0v) is 10.7. The Hall–Kier alpha value is -0.900. The lowest BCUT2D eigenvalue weighted by molar-refractivity contribution is 0.510. The van der Waals surface area contributed by atoms with Gasteiger partial charge in [-0.15, -0.1) is 5.10 Å². The third-order valence-corrected chi connectivity index (χ3v) is 2.77. The second-order valence-corrected chi connectivity index (χ2v) is 4.32. The van der Waals surface area contributed by atoms with Gasteiger partial charge in [0, 0.05) is 12.5 Å². The normalized spacial score (nSPS) is 12.9. The summed E-state index contributed by atoms with van der Waals surface area (Å²) in [6.07, 6.45) is 5.36. The predicted molar refractivity (Wildman–Crippen MR) is 66.5 cm³/mol. The number of hydrogen-bond acceptors (Lipinski definition) is 3. The number of nitrogens with one attached hydrogen (secondary N) is 1. The number of aryl methyl sites for hydroxylation is 1. The second kappa shape index (κ2) is 7.39. The molecule has 0 saturated carbocycles. The highest BCUT2D eigenvalue weighted by Gasteiger charge is 2.11. The Kier molecular flexibility index (Phi) is 6.08. The first-order valence-electron chi connectivity index (χ1n) is 6.38. The van der Waals surface area contributed by atoms with Crippen molar-refractivity contribution in [1.29, 1.82) is 0 Å². The van der Waals surface area contributed by atoms with Crippen molar-refractivity contribution in [2.24, 2.45) is 0 Å². The second-order valence-electron chi connectivity index (χ2n) is 4.32. The van der Waals surface area contributed by atoms with Crippen LogP contribution in [-0.4, -0.2) is 28.1 Å². The molecule has 0 radical (unpaired) electrons. The quantitative estimate of drug-likeness (QED) is 0.688. The lowest BCUT2D eigenvalue weighted by Gasteiger charge is -2.13. The highest BCUT2D eigenvalue weighted by atomic mass is 15.4. The third kappa shape index (κ3) is 3.93. The molecule has 1 unspecified atom stereocenters. The van der Waals surface area contributed by atoms with Crippen molar-refractivity contribution < 1.29 is 0 Å². The van der Waals surface area contributed by atoms with Gasteiger partial charge in [-0.2, -0.15) is 0 Å². The summed E-state index contributed by atoms with van der Waals surface area (Å²) in [5.41, 5.74) is 1.26. The minimum atomic E-state index is 0.533. The van der Waals surface area contributed by atoms with E-state index in [0.717, 1.165) is 32.5 Å². The summed E-state index contributed by atoms with van der Waals surface area (Å²) in [6, 6.07) is 0. The van der Waals surface area contributed by atoms with Gasteiger partial charge in [-0.25, -0.2) is 4.68 Å². The average molecular weight is 224 g/mol. The molecular weight excluding hydrogens is 200 g/mol. The van der Waals surface area contributed by atoms with E-state index in [1.807, 2.05) is 10.9 Å². The third-order valence-electron chi connectivity index (χ3n) is 2.77. The van der Waals surface area contributed by atoms with Gasteiger partial charge in [-0.1, -0.05) is 26.0 Å². The molecule has 4 nitrogen and oxygen atoms in total. The molecule has 0 aliphatic heterocycles. The molecule has 0 bridgehead atoms. The van der Waals surface area contributed by atoms with E-state index in [1.54, 1.807) is 0 Å². The lowest BCUT2D eigenvalue weighted by atomic mass is 10.0. The fourth-order valence-electron chi connectivity index (χ4n) is 1.80. The Morgan fingerprint density at radius 3 is 2.81 bits per heavy atom. The van der Waals surface area contributed by atoms with Crippen LogP contribution in [0.1, 0.15) is 51.6 Å². The summed E-state index contributed by atoms with van der Waals surface area (Å²) in [5, 5.41) is 11.5. The van der Waals surface area contributed by atoms with Crippen LogP contribution in [0.15, 0.2) is 6.20 Å². The summed E-state index contributed by atoms with van der Waals surface area (Å²) in [7, 11) is 0. The van der Waals surface area contributed by atoms with Gasteiger partial charge in [0.25, 0.3) is 0 Å². The van der Waals surface area contributed by atoms with E-state index < -0.39 is 0 Å². The fourth-order valence-corrected chi connectivity index (χ4v) is 1.80. The SMILES string of the molecule is CCCNCCC(C)c1cnnn1CCC. The predicted octanol–water partition coefficient (Wildman–Crippen LogP) is 2.18. The van der Waals surface area contributed by atoms with E-state index in [-0.39, 0.29) is 0 Å². The topological polar surface area (TPSA) is 42.7 Å². The first-order chi connectivity index (χ1) is 7.79. The lowest BCUT2D eigenvalue weighted by Crippen LogP contribution is -2.18. The zero-order chi connectivity index (χ0) is 11.8. The number of hydrogen-bond donors (Lipinski definition) is 1. The highest BCUT2D eigenvalue weighted by Crippen LogP contribution is 2.17. The Morgan fingerprint density at radius 1 is 1.31 bits per heavy atom. The van der Waals surface area contributed by atoms with Crippen molar-refractivity contribution in [2.45, 2.75) is 52.5 Å². The molecule has 1 rings (SSSR count). The molecule has 16 heavy (non-hydrogen) atoms. The molecule has 92 valence electrons. The highest BCUT2D eigenvalue weighted by molar-refractivity contribution is 5.01.